The summed E-state index contributed by atoms with van der Waals surface area (Å²) in [5.74, 6) is 2.63. The van der Waals surface area contributed by atoms with Crippen molar-refractivity contribution >= 4 is 29.9 Å². The van der Waals surface area contributed by atoms with Crippen molar-refractivity contribution in [2.75, 3.05) is 46.6 Å². The van der Waals surface area contributed by atoms with Gasteiger partial charge in [-0.2, -0.15) is 0 Å². The summed E-state index contributed by atoms with van der Waals surface area (Å²) in [7, 11) is 1.67. The highest BCUT2D eigenvalue weighted by molar-refractivity contribution is 14.0. The molecular weight excluding hydrogens is 523 g/mol. The topological polar surface area (TPSA) is 86.2 Å². The van der Waals surface area contributed by atoms with E-state index in [0.29, 0.717) is 50.4 Å². The van der Waals surface area contributed by atoms with Crippen molar-refractivity contribution in [3.8, 4) is 17.4 Å². The number of pyridine rings is 1. The Bertz CT molecular complexity index is 775. The van der Waals surface area contributed by atoms with Crippen LogP contribution in [0.2, 0.25) is 0 Å². The largest absolute Gasteiger partial charge is 0.490 e. The molecule has 0 amide bonds. The van der Waals surface area contributed by atoms with Crippen LogP contribution in [0.5, 0.6) is 17.4 Å². The minimum absolute atomic E-state index is 0. The van der Waals surface area contributed by atoms with Crippen LogP contribution in [-0.4, -0.2) is 57.6 Å². The Kier molecular flexibility index (Phi) is 15.2. The van der Waals surface area contributed by atoms with E-state index in [-0.39, 0.29) is 24.0 Å². The summed E-state index contributed by atoms with van der Waals surface area (Å²) >= 11 is 0. The highest BCUT2D eigenvalue weighted by Crippen LogP contribution is 2.30. The second kappa shape index (κ2) is 17.4. The molecule has 8 nitrogen and oxygen atoms in total. The number of methoxy groups -OCH3 is 1. The fourth-order valence-electron chi connectivity index (χ4n) is 2.62. The summed E-state index contributed by atoms with van der Waals surface area (Å²) in [5, 5.41) is 6.56. The molecule has 2 aromatic rings. The Morgan fingerprint density at radius 3 is 2.50 bits per heavy atom. The van der Waals surface area contributed by atoms with Crippen molar-refractivity contribution in [2.45, 2.75) is 26.8 Å². The summed E-state index contributed by atoms with van der Waals surface area (Å²) < 4.78 is 21.9. The Labute approximate surface area is 208 Å². The van der Waals surface area contributed by atoms with E-state index >= 15 is 0 Å². The minimum atomic E-state index is 0. The Hall–Kier alpha value is -2.11. The van der Waals surface area contributed by atoms with E-state index in [0.717, 1.165) is 31.0 Å². The second-order valence-electron chi connectivity index (χ2n) is 6.57. The molecule has 178 valence electrons. The van der Waals surface area contributed by atoms with Crippen molar-refractivity contribution < 1.29 is 18.9 Å². The Morgan fingerprint density at radius 2 is 1.81 bits per heavy atom. The van der Waals surface area contributed by atoms with Gasteiger partial charge in [0, 0.05) is 39.1 Å². The van der Waals surface area contributed by atoms with Crippen LogP contribution in [0.1, 0.15) is 25.8 Å². The second-order valence-corrected chi connectivity index (χ2v) is 6.57. The number of nitrogens with zero attached hydrogens (tertiary/aromatic N) is 2. The molecule has 0 bridgehead atoms. The van der Waals surface area contributed by atoms with Crippen LogP contribution in [-0.2, 0) is 16.0 Å². The van der Waals surface area contributed by atoms with Crippen LogP contribution in [0.3, 0.4) is 0 Å². The number of para-hydroxylation sites is 2. The molecule has 0 fully saturated rings. The third kappa shape index (κ3) is 11.0. The Balaban J connectivity index is 0.00000512. The first kappa shape index (κ1) is 27.9. The van der Waals surface area contributed by atoms with Gasteiger partial charge < -0.3 is 29.6 Å². The Morgan fingerprint density at radius 1 is 1.00 bits per heavy atom. The number of guanidine groups is 1. The maximum Gasteiger partial charge on any atom is 0.219 e. The molecule has 0 radical (unpaired) electrons. The molecule has 1 aromatic carbocycles. The molecule has 0 aliphatic heterocycles. The van der Waals surface area contributed by atoms with E-state index in [1.54, 1.807) is 13.3 Å². The molecule has 0 saturated heterocycles. The lowest BCUT2D eigenvalue weighted by Crippen LogP contribution is -2.38. The van der Waals surface area contributed by atoms with E-state index < -0.39 is 0 Å². The highest BCUT2D eigenvalue weighted by Gasteiger charge is 2.06. The normalized spacial score (nSPS) is 10.9. The van der Waals surface area contributed by atoms with Gasteiger partial charge in [-0.25, -0.2) is 9.98 Å². The number of rotatable bonds is 14. The number of hydrogen-bond acceptors (Lipinski definition) is 6. The molecular formula is C23H35IN4O4. The summed E-state index contributed by atoms with van der Waals surface area (Å²) in [6.07, 6.45) is 2.67. The number of hydrogen-bond donors (Lipinski definition) is 2. The van der Waals surface area contributed by atoms with E-state index in [9.17, 15) is 0 Å². The van der Waals surface area contributed by atoms with Crippen LogP contribution >= 0.6 is 24.0 Å². The number of aliphatic imine (C=N–C) groups is 1. The van der Waals surface area contributed by atoms with Crippen molar-refractivity contribution in [3.63, 3.8) is 0 Å². The predicted molar refractivity (Wildman–Crippen MR) is 137 cm³/mol. The zero-order chi connectivity index (χ0) is 22.2. The molecule has 1 aromatic heterocycles. The van der Waals surface area contributed by atoms with Gasteiger partial charge in [0.2, 0.25) is 5.88 Å². The van der Waals surface area contributed by atoms with E-state index in [1.165, 1.54) is 0 Å². The van der Waals surface area contributed by atoms with Gasteiger partial charge in [0.1, 0.15) is 0 Å². The van der Waals surface area contributed by atoms with Gasteiger partial charge in [0.05, 0.1) is 26.4 Å². The monoisotopic (exact) mass is 558 g/mol. The van der Waals surface area contributed by atoms with Crippen molar-refractivity contribution in [2.24, 2.45) is 4.99 Å². The summed E-state index contributed by atoms with van der Waals surface area (Å²) in [5.41, 5.74) is 0.991. The molecule has 2 N–H and O–H groups in total. The van der Waals surface area contributed by atoms with Crippen LogP contribution in [0.25, 0.3) is 0 Å². The molecule has 0 saturated carbocycles. The lowest BCUT2D eigenvalue weighted by molar-refractivity contribution is 0.0698. The molecule has 32 heavy (non-hydrogen) atoms. The fourth-order valence-corrected chi connectivity index (χ4v) is 2.62. The first-order chi connectivity index (χ1) is 15.3. The van der Waals surface area contributed by atoms with Crippen molar-refractivity contribution in [1.82, 2.24) is 15.6 Å². The zero-order valence-corrected chi connectivity index (χ0v) is 21.5. The molecule has 0 spiro atoms. The predicted octanol–water partition coefficient (Wildman–Crippen LogP) is 4.00. The number of aromatic nitrogens is 1. The molecule has 2 rings (SSSR count). The van der Waals surface area contributed by atoms with Gasteiger partial charge in [-0.3, -0.25) is 0 Å². The summed E-state index contributed by atoms with van der Waals surface area (Å²) in [6.45, 7) is 8.58. The van der Waals surface area contributed by atoms with Crippen molar-refractivity contribution in [3.05, 3.63) is 48.2 Å². The zero-order valence-electron chi connectivity index (χ0n) is 19.1. The average molecular weight is 558 g/mol. The lowest BCUT2D eigenvalue weighted by atomic mass is 10.3. The smallest absolute Gasteiger partial charge is 0.219 e. The van der Waals surface area contributed by atoms with Gasteiger partial charge in [0.25, 0.3) is 0 Å². The van der Waals surface area contributed by atoms with E-state index in [1.807, 2.05) is 50.2 Å². The number of nitrogens with one attached hydrogen (secondary N) is 2. The molecule has 0 atom stereocenters. The lowest BCUT2D eigenvalue weighted by Gasteiger charge is -2.12. The highest BCUT2D eigenvalue weighted by atomic mass is 127. The van der Waals surface area contributed by atoms with Gasteiger partial charge in [-0.1, -0.05) is 18.2 Å². The molecule has 0 aliphatic rings. The minimum Gasteiger partial charge on any atom is -0.490 e. The molecule has 1 heterocycles. The molecule has 9 heteroatoms. The number of benzene rings is 1. The van der Waals surface area contributed by atoms with Gasteiger partial charge in [0.15, 0.2) is 17.5 Å². The summed E-state index contributed by atoms with van der Waals surface area (Å²) in [4.78, 5) is 9.01. The van der Waals surface area contributed by atoms with Crippen molar-refractivity contribution in [1.29, 1.82) is 0 Å². The molecule has 0 unspecified atom stereocenters. The number of halogens is 1. The third-order valence-electron chi connectivity index (χ3n) is 4.11. The quantitative estimate of drug-likeness (QED) is 0.157. The van der Waals surface area contributed by atoms with Crippen LogP contribution in [0.4, 0.5) is 0 Å². The van der Waals surface area contributed by atoms with E-state index in [4.69, 9.17) is 18.9 Å². The molecule has 0 aliphatic carbocycles. The first-order valence-corrected chi connectivity index (χ1v) is 10.7. The third-order valence-corrected chi connectivity index (χ3v) is 4.11. The maximum atomic E-state index is 5.87. The van der Waals surface area contributed by atoms with E-state index in [2.05, 4.69) is 20.6 Å². The maximum absolute atomic E-state index is 5.87. The first-order valence-electron chi connectivity index (χ1n) is 10.7. The van der Waals surface area contributed by atoms with Crippen LogP contribution in [0, 0.1) is 0 Å². The van der Waals surface area contributed by atoms with Gasteiger partial charge in [-0.15, -0.1) is 24.0 Å². The van der Waals surface area contributed by atoms with Crippen LogP contribution < -0.4 is 20.1 Å². The average Bonchev–Trinajstić information content (AvgIpc) is 2.79. The fraction of sp³-hybridized carbons (Fsp3) is 0.478. The van der Waals surface area contributed by atoms with Crippen LogP contribution in [0.15, 0.2) is 47.6 Å². The standard InChI is InChI=1S/C23H34N4O4.HI/c1-4-24-23(25-13-8-14-29-16-15-28-3)27-18-19-11-12-22(26-17-19)31-21-10-7-6-9-20(21)30-5-2;/h6-7,9-12,17H,4-5,8,13-16,18H2,1-3H3,(H2,24,25,27);1H. The summed E-state index contributed by atoms with van der Waals surface area (Å²) in [6, 6.07) is 11.4. The SMILES string of the molecule is CCNC(=NCc1ccc(Oc2ccccc2OCC)nc1)NCCCOCCOC.I. The van der Waals surface area contributed by atoms with Gasteiger partial charge in [-0.05, 0) is 38.0 Å². The van der Waals surface area contributed by atoms with Gasteiger partial charge >= 0.3 is 0 Å². The number of ether oxygens (including phenoxy) is 4.